The van der Waals surface area contributed by atoms with E-state index in [1.807, 2.05) is 27.8 Å². The molecule has 1 aliphatic heterocycles. The molecular formula is C18H19N5O2S. The van der Waals surface area contributed by atoms with Gasteiger partial charge in [0.1, 0.15) is 0 Å². The first kappa shape index (κ1) is 16.7. The number of nitrogens with one attached hydrogen (secondary N) is 1. The fourth-order valence-corrected chi connectivity index (χ4v) is 3.81. The van der Waals surface area contributed by atoms with Crippen molar-refractivity contribution in [2.24, 2.45) is 0 Å². The summed E-state index contributed by atoms with van der Waals surface area (Å²) in [6.07, 6.45) is 0.883. The van der Waals surface area contributed by atoms with Crippen LogP contribution in [0.15, 0.2) is 29.8 Å². The maximum Gasteiger partial charge on any atom is 0.251 e. The van der Waals surface area contributed by atoms with Crippen molar-refractivity contribution in [1.82, 2.24) is 25.0 Å². The van der Waals surface area contributed by atoms with E-state index in [-0.39, 0.29) is 11.8 Å². The minimum atomic E-state index is -0.145. The number of benzene rings is 1. The lowest BCUT2D eigenvalue weighted by atomic mass is 10.2. The molecule has 1 aliphatic rings. The van der Waals surface area contributed by atoms with Gasteiger partial charge in [0, 0.05) is 25.6 Å². The lowest BCUT2D eigenvalue weighted by Crippen LogP contribution is -2.28. The zero-order chi connectivity index (χ0) is 18.1. The molecule has 134 valence electrons. The molecule has 0 unspecified atom stereocenters. The number of hydrogen-bond acceptors (Lipinski definition) is 5. The minimum Gasteiger partial charge on any atom is -0.346 e. The summed E-state index contributed by atoms with van der Waals surface area (Å²) in [7, 11) is 0. The van der Waals surface area contributed by atoms with Gasteiger partial charge in [-0.15, -0.1) is 11.3 Å². The predicted molar refractivity (Wildman–Crippen MR) is 98.7 cm³/mol. The van der Waals surface area contributed by atoms with Crippen LogP contribution >= 0.6 is 11.3 Å². The second-order valence-electron chi connectivity index (χ2n) is 6.36. The maximum atomic E-state index is 12.4. The topological polar surface area (TPSA) is 80.1 Å². The van der Waals surface area contributed by atoms with Crippen LogP contribution in [0.25, 0.3) is 10.2 Å². The molecule has 4 rings (SSSR count). The molecule has 1 N–H and O–H groups in total. The molecule has 3 heterocycles. The third kappa shape index (κ3) is 3.32. The maximum absolute atomic E-state index is 12.4. The molecule has 1 aromatic carbocycles. The largest absolute Gasteiger partial charge is 0.346 e. The van der Waals surface area contributed by atoms with E-state index in [1.165, 1.54) is 0 Å². The Bertz CT molecular complexity index is 977. The van der Waals surface area contributed by atoms with Gasteiger partial charge in [-0.05, 0) is 30.7 Å². The Labute approximate surface area is 154 Å². The Hall–Kier alpha value is -2.74. The first-order chi connectivity index (χ1) is 12.6. The van der Waals surface area contributed by atoms with Crippen LogP contribution in [0.5, 0.6) is 0 Å². The van der Waals surface area contributed by atoms with Gasteiger partial charge in [0.15, 0.2) is 0 Å². The van der Waals surface area contributed by atoms with Crippen molar-refractivity contribution in [1.29, 1.82) is 0 Å². The third-order valence-electron chi connectivity index (χ3n) is 4.53. The first-order valence-corrected chi connectivity index (χ1v) is 9.41. The number of thiazole rings is 1. The van der Waals surface area contributed by atoms with Gasteiger partial charge in [-0.1, -0.05) is 0 Å². The number of fused-ring (bicyclic) bond motifs is 2. The average molecular weight is 369 g/mol. The number of aromatic nitrogens is 3. The summed E-state index contributed by atoms with van der Waals surface area (Å²) in [6, 6.07) is 7.49. The summed E-state index contributed by atoms with van der Waals surface area (Å²) in [5.74, 6) is -0.0691. The van der Waals surface area contributed by atoms with E-state index in [1.54, 1.807) is 29.8 Å². The van der Waals surface area contributed by atoms with Gasteiger partial charge < -0.3 is 10.2 Å². The van der Waals surface area contributed by atoms with Gasteiger partial charge in [-0.2, -0.15) is 5.10 Å². The molecule has 7 nitrogen and oxygen atoms in total. The summed E-state index contributed by atoms with van der Waals surface area (Å²) in [6.45, 7) is 4.05. The summed E-state index contributed by atoms with van der Waals surface area (Å²) < 4.78 is 3.00. The lowest BCUT2D eigenvalue weighted by Gasteiger charge is -2.17. The number of rotatable bonds is 3. The van der Waals surface area contributed by atoms with E-state index in [4.69, 9.17) is 0 Å². The van der Waals surface area contributed by atoms with Crippen molar-refractivity contribution in [2.75, 3.05) is 6.54 Å². The van der Waals surface area contributed by atoms with Crippen LogP contribution in [0.1, 0.15) is 35.1 Å². The van der Waals surface area contributed by atoms with Gasteiger partial charge in [-0.3, -0.25) is 14.3 Å². The highest BCUT2D eigenvalue weighted by Crippen LogP contribution is 2.19. The van der Waals surface area contributed by atoms with Crippen LogP contribution in [0, 0.1) is 0 Å². The zero-order valence-corrected chi connectivity index (χ0v) is 15.3. The molecule has 0 saturated carbocycles. The van der Waals surface area contributed by atoms with E-state index in [2.05, 4.69) is 15.4 Å². The van der Waals surface area contributed by atoms with Crippen molar-refractivity contribution in [3.8, 4) is 0 Å². The van der Waals surface area contributed by atoms with Crippen molar-refractivity contribution in [3.05, 3.63) is 46.7 Å². The van der Waals surface area contributed by atoms with Crippen molar-refractivity contribution >= 4 is 33.4 Å². The Morgan fingerprint density at radius 1 is 1.27 bits per heavy atom. The van der Waals surface area contributed by atoms with E-state index in [9.17, 15) is 9.59 Å². The quantitative estimate of drug-likeness (QED) is 0.767. The fraction of sp³-hybridized carbons (Fsp3) is 0.333. The van der Waals surface area contributed by atoms with Crippen LogP contribution in [-0.2, 0) is 24.4 Å². The van der Waals surface area contributed by atoms with Crippen LogP contribution in [0.4, 0.5) is 0 Å². The first-order valence-electron chi connectivity index (χ1n) is 8.53. The van der Waals surface area contributed by atoms with Crippen molar-refractivity contribution in [3.63, 3.8) is 0 Å². The molecule has 0 radical (unpaired) electrons. The minimum absolute atomic E-state index is 0.0759. The highest BCUT2D eigenvalue weighted by molar-refractivity contribution is 7.16. The molecule has 0 fully saturated rings. The second-order valence-corrected chi connectivity index (χ2v) is 7.25. The Balaban J connectivity index is 1.44. The molecule has 2 amide bonds. The SMILES string of the molecule is CC(=O)N1CCCn2nc(CNC(=O)c3ccc4scnc4c3)cc2C1. The Kier molecular flexibility index (Phi) is 4.42. The van der Waals surface area contributed by atoms with Gasteiger partial charge in [0.05, 0.1) is 40.2 Å². The lowest BCUT2D eigenvalue weighted by molar-refractivity contribution is -0.129. The van der Waals surface area contributed by atoms with E-state index < -0.39 is 0 Å². The molecule has 0 spiro atoms. The Morgan fingerprint density at radius 2 is 2.15 bits per heavy atom. The van der Waals surface area contributed by atoms with E-state index in [0.717, 1.165) is 41.1 Å². The van der Waals surface area contributed by atoms with Gasteiger partial charge >= 0.3 is 0 Å². The molecule has 0 aliphatic carbocycles. The smallest absolute Gasteiger partial charge is 0.251 e. The van der Waals surface area contributed by atoms with E-state index in [0.29, 0.717) is 18.7 Å². The Morgan fingerprint density at radius 3 is 3.00 bits per heavy atom. The molecule has 0 saturated heterocycles. The number of carbonyl (C=O) groups excluding carboxylic acids is 2. The summed E-state index contributed by atoms with van der Waals surface area (Å²) in [5.41, 5.74) is 5.00. The average Bonchev–Trinajstić information content (AvgIpc) is 3.20. The summed E-state index contributed by atoms with van der Waals surface area (Å²) in [4.78, 5) is 30.1. The number of carbonyl (C=O) groups is 2. The third-order valence-corrected chi connectivity index (χ3v) is 5.34. The van der Waals surface area contributed by atoms with Crippen LogP contribution in [0.3, 0.4) is 0 Å². The summed E-state index contributed by atoms with van der Waals surface area (Å²) >= 11 is 1.55. The molecular weight excluding hydrogens is 350 g/mol. The van der Waals surface area contributed by atoms with Gasteiger partial charge in [-0.25, -0.2) is 4.98 Å². The number of hydrogen-bond donors (Lipinski definition) is 1. The molecule has 0 bridgehead atoms. The van der Waals surface area contributed by atoms with Gasteiger partial charge in [0.25, 0.3) is 5.91 Å². The molecule has 3 aromatic rings. The van der Waals surface area contributed by atoms with Crippen LogP contribution in [-0.4, -0.2) is 38.0 Å². The normalized spacial score (nSPS) is 14.1. The summed E-state index contributed by atoms with van der Waals surface area (Å²) in [5, 5.41) is 7.48. The van der Waals surface area contributed by atoms with E-state index >= 15 is 0 Å². The molecule has 8 heteroatoms. The second kappa shape index (κ2) is 6.87. The van der Waals surface area contributed by atoms with Gasteiger partial charge in [0.2, 0.25) is 5.91 Å². The predicted octanol–water partition coefficient (Wildman–Crippen LogP) is 2.17. The van der Waals surface area contributed by atoms with Crippen LogP contribution < -0.4 is 5.32 Å². The highest BCUT2D eigenvalue weighted by Gasteiger charge is 2.18. The van der Waals surface area contributed by atoms with Crippen LogP contribution in [0.2, 0.25) is 0 Å². The number of amides is 2. The zero-order valence-electron chi connectivity index (χ0n) is 14.4. The standard InChI is InChI=1S/C18H19N5O2S/c1-12(24)22-5-2-6-23-15(10-22)8-14(21-23)9-19-18(25)13-3-4-17-16(7-13)20-11-26-17/h3-4,7-8,11H,2,5-6,9-10H2,1H3,(H,19,25). The highest BCUT2D eigenvalue weighted by atomic mass is 32.1. The number of aryl methyl sites for hydroxylation is 1. The molecule has 0 atom stereocenters. The monoisotopic (exact) mass is 369 g/mol. The van der Waals surface area contributed by atoms with Crippen molar-refractivity contribution in [2.45, 2.75) is 33.0 Å². The fourth-order valence-electron chi connectivity index (χ4n) is 3.15. The molecule has 2 aromatic heterocycles. The number of nitrogens with zero attached hydrogens (tertiary/aromatic N) is 4. The molecule has 26 heavy (non-hydrogen) atoms. The van der Waals surface area contributed by atoms with Crippen molar-refractivity contribution < 1.29 is 9.59 Å².